The molecule has 0 spiro atoms. The van der Waals surface area contributed by atoms with Crippen LogP contribution >= 0.6 is 11.6 Å². The van der Waals surface area contributed by atoms with Gasteiger partial charge in [-0.25, -0.2) is 4.68 Å². The van der Waals surface area contributed by atoms with E-state index in [1.807, 2.05) is 31.2 Å². The van der Waals surface area contributed by atoms with E-state index in [4.69, 9.17) is 11.6 Å². The van der Waals surface area contributed by atoms with Crippen molar-refractivity contribution in [1.82, 2.24) is 14.8 Å². The molecule has 1 aromatic carbocycles. The van der Waals surface area contributed by atoms with Crippen LogP contribution in [-0.2, 0) is 0 Å². The molecule has 116 valence electrons. The molecule has 0 saturated carbocycles. The van der Waals surface area contributed by atoms with Crippen LogP contribution in [0.25, 0.3) is 5.69 Å². The van der Waals surface area contributed by atoms with Crippen LogP contribution in [0.1, 0.15) is 17.3 Å². The zero-order valence-electron chi connectivity index (χ0n) is 12.6. The third-order valence-corrected chi connectivity index (χ3v) is 3.67. The van der Waals surface area contributed by atoms with Crippen LogP contribution in [0.4, 0.5) is 5.69 Å². The monoisotopic (exact) mass is 326 g/mol. The predicted molar refractivity (Wildman–Crippen MR) is 90.2 cm³/mol. The van der Waals surface area contributed by atoms with Gasteiger partial charge < -0.3 is 4.90 Å². The first-order chi connectivity index (χ1) is 11.2. The molecule has 5 nitrogen and oxygen atoms in total. The Bertz CT molecular complexity index is 816. The highest BCUT2D eigenvalue weighted by atomic mass is 35.5. The van der Waals surface area contributed by atoms with Gasteiger partial charge in [0.2, 0.25) is 0 Å². The molecule has 3 rings (SSSR count). The molecule has 0 radical (unpaired) electrons. The lowest BCUT2D eigenvalue weighted by Crippen LogP contribution is -2.30. The van der Waals surface area contributed by atoms with E-state index in [0.29, 0.717) is 17.1 Å². The van der Waals surface area contributed by atoms with Gasteiger partial charge in [-0.2, -0.15) is 5.10 Å². The fraction of sp³-hybridized carbons (Fsp3) is 0.118. The van der Waals surface area contributed by atoms with E-state index in [-0.39, 0.29) is 5.91 Å². The molecule has 0 fully saturated rings. The minimum atomic E-state index is -0.105. The maximum atomic E-state index is 12.7. The Hall–Kier alpha value is -2.66. The van der Waals surface area contributed by atoms with Crippen LogP contribution in [0.3, 0.4) is 0 Å². The number of carbonyl (C=O) groups is 1. The van der Waals surface area contributed by atoms with Gasteiger partial charge in [0.05, 0.1) is 17.4 Å². The third-order valence-electron chi connectivity index (χ3n) is 3.44. The van der Waals surface area contributed by atoms with Gasteiger partial charge in [-0.3, -0.25) is 9.78 Å². The van der Waals surface area contributed by atoms with Gasteiger partial charge in [-0.1, -0.05) is 17.7 Å². The van der Waals surface area contributed by atoms with Crippen LogP contribution < -0.4 is 4.90 Å². The fourth-order valence-corrected chi connectivity index (χ4v) is 2.50. The SMILES string of the molecule is CCN(C(=O)c1cnn(-c2cccc(Cl)c2)c1)c1ccncc1. The molecule has 6 heteroatoms. The van der Waals surface area contributed by atoms with E-state index >= 15 is 0 Å². The lowest BCUT2D eigenvalue weighted by molar-refractivity contribution is 0.0988. The molecule has 3 aromatic rings. The average Bonchev–Trinajstić information content (AvgIpc) is 3.06. The van der Waals surface area contributed by atoms with E-state index in [0.717, 1.165) is 11.4 Å². The largest absolute Gasteiger partial charge is 0.308 e. The van der Waals surface area contributed by atoms with Crippen LogP contribution in [0.5, 0.6) is 0 Å². The van der Waals surface area contributed by atoms with Crippen molar-refractivity contribution in [3.63, 3.8) is 0 Å². The normalized spacial score (nSPS) is 10.5. The van der Waals surface area contributed by atoms with Crippen LogP contribution in [0.2, 0.25) is 5.02 Å². The molecule has 0 aliphatic rings. The van der Waals surface area contributed by atoms with E-state index in [9.17, 15) is 4.79 Å². The van der Waals surface area contributed by atoms with Gasteiger partial charge >= 0.3 is 0 Å². The number of aromatic nitrogens is 3. The van der Waals surface area contributed by atoms with Gasteiger partial charge in [0.15, 0.2) is 0 Å². The van der Waals surface area contributed by atoms with Gasteiger partial charge in [-0.05, 0) is 37.3 Å². The molecule has 2 heterocycles. The summed E-state index contributed by atoms with van der Waals surface area (Å²) in [6.07, 6.45) is 6.60. The van der Waals surface area contributed by atoms with E-state index in [1.165, 1.54) is 0 Å². The number of anilines is 1. The number of benzene rings is 1. The summed E-state index contributed by atoms with van der Waals surface area (Å²) in [6.45, 7) is 2.49. The molecule has 0 N–H and O–H groups in total. The van der Waals surface area contributed by atoms with Crippen molar-refractivity contribution in [2.45, 2.75) is 6.92 Å². The van der Waals surface area contributed by atoms with Gasteiger partial charge in [-0.15, -0.1) is 0 Å². The smallest absolute Gasteiger partial charge is 0.261 e. The molecule has 0 unspecified atom stereocenters. The second kappa shape index (κ2) is 6.62. The first-order valence-corrected chi connectivity index (χ1v) is 7.59. The topological polar surface area (TPSA) is 51.0 Å². The number of hydrogen-bond acceptors (Lipinski definition) is 3. The van der Waals surface area contributed by atoms with Crippen molar-refractivity contribution in [2.75, 3.05) is 11.4 Å². The molecule has 23 heavy (non-hydrogen) atoms. The van der Waals surface area contributed by atoms with E-state index in [1.54, 1.807) is 46.5 Å². The van der Waals surface area contributed by atoms with Crippen molar-refractivity contribution >= 4 is 23.2 Å². The molecular formula is C17H15ClN4O. The second-order valence-corrected chi connectivity index (χ2v) is 5.34. The molecule has 0 aliphatic heterocycles. The Morgan fingerprint density at radius 3 is 2.74 bits per heavy atom. The van der Waals surface area contributed by atoms with Crippen molar-refractivity contribution in [3.8, 4) is 5.69 Å². The summed E-state index contributed by atoms with van der Waals surface area (Å²) in [5, 5.41) is 4.88. The van der Waals surface area contributed by atoms with Crippen molar-refractivity contribution in [2.24, 2.45) is 0 Å². The standard InChI is InChI=1S/C17H15ClN4O/c1-2-21(15-6-8-19-9-7-15)17(23)13-11-20-22(12-13)16-5-3-4-14(18)10-16/h3-12H,2H2,1H3. The van der Waals surface area contributed by atoms with Crippen molar-refractivity contribution in [1.29, 1.82) is 0 Å². The number of carbonyl (C=O) groups excluding carboxylic acids is 1. The maximum Gasteiger partial charge on any atom is 0.261 e. The first-order valence-electron chi connectivity index (χ1n) is 7.21. The second-order valence-electron chi connectivity index (χ2n) is 4.91. The molecule has 0 bridgehead atoms. The summed E-state index contributed by atoms with van der Waals surface area (Å²) in [5.74, 6) is -0.105. The fourth-order valence-electron chi connectivity index (χ4n) is 2.32. The highest BCUT2D eigenvalue weighted by Gasteiger charge is 2.18. The predicted octanol–water partition coefficient (Wildman–Crippen LogP) is 3.59. The van der Waals surface area contributed by atoms with Crippen molar-refractivity contribution < 1.29 is 4.79 Å². The maximum absolute atomic E-state index is 12.7. The lowest BCUT2D eigenvalue weighted by Gasteiger charge is -2.19. The number of amides is 1. The van der Waals surface area contributed by atoms with Gasteiger partial charge in [0, 0.05) is 35.8 Å². The van der Waals surface area contributed by atoms with Crippen LogP contribution in [0, 0.1) is 0 Å². The highest BCUT2D eigenvalue weighted by molar-refractivity contribution is 6.30. The Morgan fingerprint density at radius 1 is 1.26 bits per heavy atom. The molecular weight excluding hydrogens is 312 g/mol. The minimum absolute atomic E-state index is 0.105. The highest BCUT2D eigenvalue weighted by Crippen LogP contribution is 2.18. The van der Waals surface area contributed by atoms with Crippen molar-refractivity contribution in [3.05, 3.63) is 71.8 Å². The molecule has 1 amide bonds. The summed E-state index contributed by atoms with van der Waals surface area (Å²) < 4.78 is 1.64. The van der Waals surface area contributed by atoms with Crippen LogP contribution in [-0.4, -0.2) is 27.2 Å². The first kappa shape index (κ1) is 15.2. The Kier molecular flexibility index (Phi) is 4.39. The zero-order chi connectivity index (χ0) is 16.2. The number of nitrogens with zero attached hydrogens (tertiary/aromatic N) is 4. The molecule has 0 aliphatic carbocycles. The van der Waals surface area contributed by atoms with Gasteiger partial charge in [0.1, 0.15) is 0 Å². The number of rotatable bonds is 4. The quantitative estimate of drug-likeness (QED) is 0.736. The average molecular weight is 327 g/mol. The summed E-state index contributed by atoms with van der Waals surface area (Å²) in [4.78, 5) is 18.4. The molecule has 0 atom stereocenters. The summed E-state index contributed by atoms with van der Waals surface area (Å²) in [6, 6.07) is 10.9. The zero-order valence-corrected chi connectivity index (χ0v) is 13.3. The molecule has 0 saturated heterocycles. The molecule has 2 aromatic heterocycles. The Labute approximate surface area is 139 Å². The van der Waals surface area contributed by atoms with E-state index in [2.05, 4.69) is 10.1 Å². The van der Waals surface area contributed by atoms with Gasteiger partial charge in [0.25, 0.3) is 5.91 Å². The summed E-state index contributed by atoms with van der Waals surface area (Å²) in [5.41, 5.74) is 2.13. The number of hydrogen-bond donors (Lipinski definition) is 0. The lowest BCUT2D eigenvalue weighted by atomic mass is 10.2. The summed E-state index contributed by atoms with van der Waals surface area (Å²) in [7, 11) is 0. The minimum Gasteiger partial charge on any atom is -0.308 e. The number of halogens is 1. The Balaban J connectivity index is 1.89. The van der Waals surface area contributed by atoms with Crippen LogP contribution in [0.15, 0.2) is 61.2 Å². The van der Waals surface area contributed by atoms with E-state index < -0.39 is 0 Å². The third kappa shape index (κ3) is 3.24. The number of pyridine rings is 1. The summed E-state index contributed by atoms with van der Waals surface area (Å²) >= 11 is 5.99. The Morgan fingerprint density at radius 2 is 2.04 bits per heavy atom.